The number of rotatable bonds is 5. The Hall–Kier alpha value is -2.89. The lowest BCUT2D eigenvalue weighted by Gasteiger charge is -2.11. The van der Waals surface area contributed by atoms with Crippen LogP contribution in [0.5, 0.6) is 0 Å². The number of halogens is 1. The minimum Gasteiger partial charge on any atom is -0.334 e. The van der Waals surface area contributed by atoms with Gasteiger partial charge < -0.3 is 16.0 Å². The highest BCUT2D eigenvalue weighted by Gasteiger charge is 2.08. The van der Waals surface area contributed by atoms with E-state index in [1.54, 1.807) is 12.1 Å². The number of benzene rings is 2. The van der Waals surface area contributed by atoms with Crippen LogP contribution in [0.3, 0.4) is 0 Å². The van der Waals surface area contributed by atoms with Gasteiger partial charge in [0, 0.05) is 12.2 Å². The third-order valence-electron chi connectivity index (χ3n) is 3.65. The number of hydrogen-bond donors (Lipinski definition) is 3. The Bertz CT molecular complexity index is 730. The quantitative estimate of drug-likeness (QED) is 0.789. The molecule has 0 radical (unpaired) electrons. The van der Waals surface area contributed by atoms with Crippen LogP contribution in [-0.2, 0) is 11.3 Å². The summed E-state index contributed by atoms with van der Waals surface area (Å²) < 4.78 is 12.8. The number of aryl methyl sites for hydroxylation is 1. The van der Waals surface area contributed by atoms with Crippen LogP contribution < -0.4 is 16.0 Å². The summed E-state index contributed by atoms with van der Waals surface area (Å²) in [5, 5.41) is 7.85. The SMILES string of the molecule is Cc1cccc(NC(=O)CNC(=O)NCc2ccc(F)cc2)c1C. The summed E-state index contributed by atoms with van der Waals surface area (Å²) in [5.74, 6) is -0.632. The molecule has 5 nitrogen and oxygen atoms in total. The van der Waals surface area contributed by atoms with Gasteiger partial charge in [-0.1, -0.05) is 24.3 Å². The van der Waals surface area contributed by atoms with Crippen molar-refractivity contribution in [1.29, 1.82) is 0 Å². The standard InChI is InChI=1S/C18H20FN3O2/c1-12-4-3-5-16(13(12)2)22-17(23)11-21-18(24)20-10-14-6-8-15(19)9-7-14/h3-9H,10-11H2,1-2H3,(H,22,23)(H2,20,21,24). The van der Waals surface area contributed by atoms with Crippen molar-refractivity contribution in [2.45, 2.75) is 20.4 Å². The molecule has 0 aliphatic heterocycles. The van der Waals surface area contributed by atoms with Gasteiger partial charge in [-0.25, -0.2) is 9.18 Å². The van der Waals surface area contributed by atoms with Crippen LogP contribution in [0, 0.1) is 19.7 Å². The van der Waals surface area contributed by atoms with E-state index in [4.69, 9.17) is 0 Å². The molecule has 0 saturated carbocycles. The second-order valence-electron chi connectivity index (χ2n) is 5.46. The summed E-state index contributed by atoms with van der Waals surface area (Å²) in [6.45, 7) is 4.01. The van der Waals surface area contributed by atoms with Gasteiger partial charge in [0.25, 0.3) is 0 Å². The largest absolute Gasteiger partial charge is 0.334 e. The normalized spacial score (nSPS) is 10.1. The minimum atomic E-state index is -0.463. The highest BCUT2D eigenvalue weighted by molar-refractivity contribution is 5.95. The Morgan fingerprint density at radius 2 is 1.71 bits per heavy atom. The summed E-state index contributed by atoms with van der Waals surface area (Å²) in [4.78, 5) is 23.6. The minimum absolute atomic E-state index is 0.136. The number of anilines is 1. The van der Waals surface area contributed by atoms with Gasteiger partial charge in [0.15, 0.2) is 0 Å². The molecule has 0 heterocycles. The molecule has 24 heavy (non-hydrogen) atoms. The highest BCUT2D eigenvalue weighted by Crippen LogP contribution is 2.17. The molecule has 0 aliphatic carbocycles. The Balaban J connectivity index is 1.75. The molecule has 0 atom stereocenters. The van der Waals surface area contributed by atoms with Gasteiger partial charge in [0.1, 0.15) is 5.82 Å². The fraction of sp³-hybridized carbons (Fsp3) is 0.222. The van der Waals surface area contributed by atoms with E-state index >= 15 is 0 Å². The maximum absolute atomic E-state index is 12.8. The molecule has 0 aromatic heterocycles. The van der Waals surface area contributed by atoms with E-state index in [-0.39, 0.29) is 24.8 Å². The summed E-state index contributed by atoms with van der Waals surface area (Å²) >= 11 is 0. The van der Waals surface area contributed by atoms with Crippen LogP contribution in [0.1, 0.15) is 16.7 Å². The molecule has 0 fully saturated rings. The average Bonchev–Trinajstić information content (AvgIpc) is 2.56. The van der Waals surface area contributed by atoms with Crippen molar-refractivity contribution >= 4 is 17.6 Å². The predicted octanol–water partition coefficient (Wildman–Crippen LogP) is 2.88. The third kappa shape index (κ3) is 5.08. The van der Waals surface area contributed by atoms with Crippen LogP contribution in [-0.4, -0.2) is 18.5 Å². The van der Waals surface area contributed by atoms with E-state index in [9.17, 15) is 14.0 Å². The van der Waals surface area contributed by atoms with E-state index in [1.807, 2.05) is 32.0 Å². The first kappa shape index (κ1) is 17.5. The van der Waals surface area contributed by atoms with Gasteiger partial charge >= 0.3 is 6.03 Å². The second kappa shape index (κ2) is 8.10. The monoisotopic (exact) mass is 329 g/mol. The van der Waals surface area contributed by atoms with Crippen molar-refractivity contribution in [2.24, 2.45) is 0 Å². The number of amides is 3. The van der Waals surface area contributed by atoms with E-state index in [1.165, 1.54) is 12.1 Å². The molecule has 0 unspecified atom stereocenters. The average molecular weight is 329 g/mol. The maximum Gasteiger partial charge on any atom is 0.315 e. The number of nitrogens with one attached hydrogen (secondary N) is 3. The highest BCUT2D eigenvalue weighted by atomic mass is 19.1. The van der Waals surface area contributed by atoms with Crippen molar-refractivity contribution in [2.75, 3.05) is 11.9 Å². The van der Waals surface area contributed by atoms with E-state index in [2.05, 4.69) is 16.0 Å². The molecule has 0 aliphatic rings. The fourth-order valence-corrected chi connectivity index (χ4v) is 2.09. The van der Waals surface area contributed by atoms with E-state index in [0.717, 1.165) is 22.4 Å². The summed E-state index contributed by atoms with van der Waals surface area (Å²) in [7, 11) is 0. The van der Waals surface area contributed by atoms with Crippen molar-refractivity contribution in [1.82, 2.24) is 10.6 Å². The first-order valence-corrected chi connectivity index (χ1v) is 7.58. The van der Waals surface area contributed by atoms with Crippen molar-refractivity contribution in [3.05, 3.63) is 65.0 Å². The second-order valence-corrected chi connectivity index (χ2v) is 5.46. The Morgan fingerprint density at radius 3 is 2.42 bits per heavy atom. The van der Waals surface area contributed by atoms with Crippen LogP contribution in [0.25, 0.3) is 0 Å². The molecule has 2 rings (SSSR count). The van der Waals surface area contributed by atoms with Gasteiger partial charge in [-0.3, -0.25) is 4.79 Å². The van der Waals surface area contributed by atoms with Crippen LogP contribution in [0.2, 0.25) is 0 Å². The predicted molar refractivity (Wildman–Crippen MR) is 91.2 cm³/mol. The molecule has 3 amide bonds. The zero-order valence-electron chi connectivity index (χ0n) is 13.7. The lowest BCUT2D eigenvalue weighted by molar-refractivity contribution is -0.115. The number of carbonyl (C=O) groups is 2. The lowest BCUT2D eigenvalue weighted by atomic mass is 10.1. The molecule has 3 N–H and O–H groups in total. The zero-order valence-corrected chi connectivity index (χ0v) is 13.7. The van der Waals surface area contributed by atoms with Gasteiger partial charge in [0.2, 0.25) is 5.91 Å². The van der Waals surface area contributed by atoms with Gasteiger partial charge in [-0.05, 0) is 48.7 Å². The molecule has 126 valence electrons. The molecule has 6 heteroatoms. The van der Waals surface area contributed by atoms with Crippen LogP contribution in [0.15, 0.2) is 42.5 Å². The van der Waals surface area contributed by atoms with Crippen LogP contribution >= 0.6 is 0 Å². The lowest BCUT2D eigenvalue weighted by Crippen LogP contribution is -2.39. The van der Waals surface area contributed by atoms with Crippen LogP contribution in [0.4, 0.5) is 14.9 Å². The molecular formula is C18H20FN3O2. The van der Waals surface area contributed by atoms with Crippen molar-refractivity contribution < 1.29 is 14.0 Å². The molecule has 0 saturated heterocycles. The number of urea groups is 1. The molecule has 2 aromatic rings. The maximum atomic E-state index is 12.8. The fourth-order valence-electron chi connectivity index (χ4n) is 2.09. The Morgan fingerprint density at radius 1 is 1.00 bits per heavy atom. The smallest absolute Gasteiger partial charge is 0.315 e. The first-order chi connectivity index (χ1) is 11.5. The summed E-state index contributed by atoms with van der Waals surface area (Å²) in [5.41, 5.74) is 3.57. The summed E-state index contributed by atoms with van der Waals surface area (Å²) in [6.07, 6.45) is 0. The van der Waals surface area contributed by atoms with Gasteiger partial charge in [-0.2, -0.15) is 0 Å². The van der Waals surface area contributed by atoms with Gasteiger partial charge in [-0.15, -0.1) is 0 Å². The molecule has 0 spiro atoms. The Labute approximate surface area is 140 Å². The van der Waals surface area contributed by atoms with Gasteiger partial charge in [0.05, 0.1) is 6.54 Å². The summed E-state index contributed by atoms with van der Waals surface area (Å²) in [6, 6.07) is 11.0. The zero-order chi connectivity index (χ0) is 17.5. The topological polar surface area (TPSA) is 70.2 Å². The van der Waals surface area contributed by atoms with E-state index < -0.39 is 6.03 Å². The Kier molecular flexibility index (Phi) is 5.89. The number of carbonyl (C=O) groups excluding carboxylic acids is 2. The number of hydrogen-bond acceptors (Lipinski definition) is 2. The molecule has 0 bridgehead atoms. The third-order valence-corrected chi connectivity index (χ3v) is 3.65. The first-order valence-electron chi connectivity index (χ1n) is 7.58. The molecule has 2 aromatic carbocycles. The molecular weight excluding hydrogens is 309 g/mol. The van der Waals surface area contributed by atoms with E-state index in [0.29, 0.717) is 0 Å². The van der Waals surface area contributed by atoms with Crippen molar-refractivity contribution in [3.63, 3.8) is 0 Å². The van der Waals surface area contributed by atoms with Crippen molar-refractivity contribution in [3.8, 4) is 0 Å².